The van der Waals surface area contributed by atoms with Crippen molar-refractivity contribution in [3.8, 4) is 5.75 Å². The van der Waals surface area contributed by atoms with Crippen LogP contribution in [-0.4, -0.2) is 32.7 Å². The third-order valence-electron chi connectivity index (χ3n) is 4.41. The molecule has 0 spiro atoms. The minimum atomic E-state index is -0.118. The van der Waals surface area contributed by atoms with Crippen LogP contribution in [0.2, 0.25) is 5.02 Å². The number of carbonyl (C=O) groups excluding carboxylic acids is 1. The molecule has 132 valence electrons. The van der Waals surface area contributed by atoms with Crippen LogP contribution in [0.15, 0.2) is 42.5 Å². The number of benzene rings is 2. The van der Waals surface area contributed by atoms with Crippen LogP contribution in [0, 0.1) is 0 Å². The van der Waals surface area contributed by atoms with Crippen LogP contribution in [0.25, 0.3) is 0 Å². The molecule has 2 aromatic rings. The van der Waals surface area contributed by atoms with Crippen LogP contribution < -0.4 is 15.0 Å². The van der Waals surface area contributed by atoms with E-state index < -0.39 is 0 Å². The second-order valence-corrected chi connectivity index (χ2v) is 6.77. The summed E-state index contributed by atoms with van der Waals surface area (Å²) in [5, 5.41) is 3.55. The van der Waals surface area contributed by atoms with Crippen LogP contribution in [-0.2, 0) is 17.6 Å². The number of nitrogens with one attached hydrogen (secondary N) is 1. The van der Waals surface area contributed by atoms with E-state index >= 15 is 0 Å². The summed E-state index contributed by atoms with van der Waals surface area (Å²) >= 11 is 5.82. The Kier molecular flexibility index (Phi) is 5.82. The van der Waals surface area contributed by atoms with Gasteiger partial charge in [-0.2, -0.15) is 0 Å². The standard InChI is InChI=1S/C20H23ClN2O2/c1-23-12-2-3-16-13-15(4-9-19(16)23)10-11-22-20(24)14-25-18-7-5-17(21)6-8-18/h4-9,13H,2-3,10-12,14H2,1H3,(H,22,24). The van der Waals surface area contributed by atoms with E-state index in [9.17, 15) is 4.79 Å². The molecular formula is C20H23ClN2O2. The maximum Gasteiger partial charge on any atom is 0.257 e. The molecule has 0 saturated heterocycles. The molecule has 0 aromatic heterocycles. The van der Waals surface area contributed by atoms with Gasteiger partial charge in [-0.15, -0.1) is 0 Å². The highest BCUT2D eigenvalue weighted by molar-refractivity contribution is 6.30. The first-order chi connectivity index (χ1) is 12.1. The van der Waals surface area contributed by atoms with Gasteiger partial charge in [0.05, 0.1) is 0 Å². The summed E-state index contributed by atoms with van der Waals surface area (Å²) in [4.78, 5) is 14.2. The van der Waals surface area contributed by atoms with Gasteiger partial charge >= 0.3 is 0 Å². The van der Waals surface area contributed by atoms with Crippen molar-refractivity contribution in [2.45, 2.75) is 19.3 Å². The lowest BCUT2D eigenvalue weighted by molar-refractivity contribution is -0.123. The Morgan fingerprint density at radius 3 is 2.84 bits per heavy atom. The highest BCUT2D eigenvalue weighted by atomic mass is 35.5. The van der Waals surface area contributed by atoms with Gasteiger partial charge < -0.3 is 15.0 Å². The van der Waals surface area contributed by atoms with Gasteiger partial charge in [-0.05, 0) is 60.7 Å². The topological polar surface area (TPSA) is 41.6 Å². The fraction of sp³-hybridized carbons (Fsp3) is 0.350. The highest BCUT2D eigenvalue weighted by Crippen LogP contribution is 2.26. The number of carbonyl (C=O) groups is 1. The fourth-order valence-corrected chi connectivity index (χ4v) is 3.20. The lowest BCUT2D eigenvalue weighted by atomic mass is 9.98. The lowest BCUT2D eigenvalue weighted by Gasteiger charge is -2.27. The molecule has 2 aromatic carbocycles. The first-order valence-electron chi connectivity index (χ1n) is 8.60. The van der Waals surface area contributed by atoms with E-state index in [0.717, 1.165) is 19.4 Å². The Labute approximate surface area is 153 Å². The van der Waals surface area contributed by atoms with Crippen molar-refractivity contribution in [1.29, 1.82) is 0 Å². The third-order valence-corrected chi connectivity index (χ3v) is 4.67. The molecular weight excluding hydrogens is 336 g/mol. The summed E-state index contributed by atoms with van der Waals surface area (Å²) in [5.74, 6) is 0.519. The van der Waals surface area contributed by atoms with Crippen molar-refractivity contribution in [3.63, 3.8) is 0 Å². The molecule has 0 unspecified atom stereocenters. The number of nitrogens with zero attached hydrogens (tertiary/aromatic N) is 1. The molecule has 1 aliphatic heterocycles. The highest BCUT2D eigenvalue weighted by Gasteiger charge is 2.13. The summed E-state index contributed by atoms with van der Waals surface area (Å²) in [6, 6.07) is 13.6. The van der Waals surface area contributed by atoms with Gasteiger partial charge in [-0.25, -0.2) is 0 Å². The number of ether oxygens (including phenoxy) is 1. The predicted octanol–water partition coefficient (Wildman–Crippen LogP) is 3.46. The molecule has 1 amide bonds. The minimum absolute atomic E-state index is 0.0105. The number of hydrogen-bond donors (Lipinski definition) is 1. The Hall–Kier alpha value is -2.20. The molecule has 0 fully saturated rings. The van der Waals surface area contributed by atoms with E-state index in [-0.39, 0.29) is 12.5 Å². The van der Waals surface area contributed by atoms with Gasteiger partial charge in [0.1, 0.15) is 5.75 Å². The van der Waals surface area contributed by atoms with Crippen LogP contribution in [0.3, 0.4) is 0 Å². The number of hydrogen-bond acceptors (Lipinski definition) is 3. The van der Waals surface area contributed by atoms with Gasteiger partial charge in [0.2, 0.25) is 0 Å². The van der Waals surface area contributed by atoms with Gasteiger partial charge in [-0.3, -0.25) is 4.79 Å². The molecule has 0 bridgehead atoms. The largest absolute Gasteiger partial charge is 0.484 e. The number of amides is 1. The molecule has 0 radical (unpaired) electrons. The van der Waals surface area contributed by atoms with Crippen LogP contribution in [0.1, 0.15) is 17.5 Å². The van der Waals surface area contributed by atoms with Crippen molar-refractivity contribution >= 4 is 23.2 Å². The molecule has 1 N–H and O–H groups in total. The zero-order valence-corrected chi connectivity index (χ0v) is 15.2. The minimum Gasteiger partial charge on any atom is -0.484 e. The van der Waals surface area contributed by atoms with Crippen molar-refractivity contribution in [2.24, 2.45) is 0 Å². The molecule has 1 heterocycles. The monoisotopic (exact) mass is 358 g/mol. The van der Waals surface area contributed by atoms with Crippen LogP contribution >= 0.6 is 11.6 Å². The zero-order valence-electron chi connectivity index (χ0n) is 14.4. The average molecular weight is 359 g/mol. The number of aryl methyl sites for hydroxylation is 1. The molecule has 25 heavy (non-hydrogen) atoms. The second kappa shape index (κ2) is 8.26. The molecule has 3 rings (SSSR count). The summed E-state index contributed by atoms with van der Waals surface area (Å²) in [5.41, 5.74) is 3.99. The normalized spacial score (nSPS) is 13.3. The number of fused-ring (bicyclic) bond motifs is 1. The Bertz CT molecular complexity index is 731. The van der Waals surface area contributed by atoms with Crippen molar-refractivity contribution in [1.82, 2.24) is 5.32 Å². The summed E-state index contributed by atoms with van der Waals surface area (Å²) in [7, 11) is 2.14. The summed E-state index contributed by atoms with van der Waals surface area (Å²) < 4.78 is 5.44. The average Bonchev–Trinajstić information content (AvgIpc) is 2.61. The maximum atomic E-state index is 11.9. The van der Waals surface area contributed by atoms with Crippen LogP contribution in [0.5, 0.6) is 5.75 Å². The Morgan fingerprint density at radius 1 is 1.24 bits per heavy atom. The zero-order chi connectivity index (χ0) is 17.6. The van der Waals surface area contributed by atoms with Crippen LogP contribution in [0.4, 0.5) is 5.69 Å². The first kappa shape index (κ1) is 17.6. The van der Waals surface area contributed by atoms with Gasteiger partial charge in [0, 0.05) is 30.8 Å². The summed E-state index contributed by atoms with van der Waals surface area (Å²) in [6.07, 6.45) is 3.16. The number of anilines is 1. The van der Waals surface area contributed by atoms with E-state index in [4.69, 9.17) is 16.3 Å². The SMILES string of the molecule is CN1CCCc2cc(CCNC(=O)COc3ccc(Cl)cc3)ccc21. The smallest absolute Gasteiger partial charge is 0.257 e. The van der Waals surface area contributed by atoms with Crippen molar-refractivity contribution < 1.29 is 9.53 Å². The number of rotatable bonds is 6. The quantitative estimate of drug-likeness (QED) is 0.859. The Balaban J connectivity index is 1.43. The van der Waals surface area contributed by atoms with Crippen molar-refractivity contribution in [3.05, 3.63) is 58.6 Å². The van der Waals surface area contributed by atoms with Crippen molar-refractivity contribution in [2.75, 3.05) is 31.6 Å². The molecule has 0 saturated carbocycles. The maximum absolute atomic E-state index is 11.9. The number of halogens is 1. The second-order valence-electron chi connectivity index (χ2n) is 6.33. The fourth-order valence-electron chi connectivity index (χ4n) is 3.07. The Morgan fingerprint density at radius 2 is 2.04 bits per heavy atom. The van der Waals surface area contributed by atoms with E-state index in [1.54, 1.807) is 24.3 Å². The van der Waals surface area contributed by atoms with E-state index in [2.05, 4.69) is 35.5 Å². The summed E-state index contributed by atoms with van der Waals surface area (Å²) in [6.45, 7) is 1.74. The molecule has 5 heteroatoms. The third kappa shape index (κ3) is 4.89. The molecule has 0 aliphatic carbocycles. The van der Waals surface area contributed by atoms with Gasteiger partial charge in [-0.1, -0.05) is 23.7 Å². The molecule has 1 aliphatic rings. The van der Waals surface area contributed by atoms with E-state index in [0.29, 0.717) is 17.3 Å². The predicted molar refractivity (Wildman–Crippen MR) is 102 cm³/mol. The molecule has 4 nitrogen and oxygen atoms in total. The van der Waals surface area contributed by atoms with Gasteiger partial charge in [0.25, 0.3) is 5.91 Å². The molecule has 0 atom stereocenters. The van der Waals surface area contributed by atoms with Gasteiger partial charge in [0.15, 0.2) is 6.61 Å². The first-order valence-corrected chi connectivity index (χ1v) is 8.97. The lowest BCUT2D eigenvalue weighted by Crippen LogP contribution is -2.30. The van der Waals surface area contributed by atoms with E-state index in [1.165, 1.54) is 23.2 Å². The van der Waals surface area contributed by atoms with E-state index in [1.807, 2.05) is 0 Å².